The molecule has 1 atom stereocenters. The fourth-order valence-corrected chi connectivity index (χ4v) is 3.35. The van der Waals surface area contributed by atoms with E-state index < -0.39 is 0 Å². The van der Waals surface area contributed by atoms with Crippen LogP contribution in [0.3, 0.4) is 0 Å². The Morgan fingerprint density at radius 3 is 2.38 bits per heavy atom. The van der Waals surface area contributed by atoms with Crippen LogP contribution in [0.15, 0.2) is 39.4 Å². The summed E-state index contributed by atoms with van der Waals surface area (Å²) in [6.07, 6.45) is 1.78. The molecule has 1 heterocycles. The van der Waals surface area contributed by atoms with Crippen LogP contribution in [0, 0.1) is 0 Å². The Kier molecular flexibility index (Phi) is 5.61. The molecule has 0 amide bonds. The molecule has 0 aliphatic rings. The summed E-state index contributed by atoms with van der Waals surface area (Å²) in [4.78, 5) is 4.50. The molecule has 0 saturated heterocycles. The molecule has 1 unspecified atom stereocenters. The molecule has 0 spiro atoms. The van der Waals surface area contributed by atoms with Crippen molar-refractivity contribution in [1.82, 2.24) is 10.3 Å². The van der Waals surface area contributed by atoms with Crippen LogP contribution in [0.25, 0.3) is 0 Å². The molecule has 1 aromatic carbocycles. The van der Waals surface area contributed by atoms with Crippen molar-refractivity contribution in [2.45, 2.75) is 6.04 Å². The zero-order chi connectivity index (χ0) is 15.4. The molecule has 2 rings (SSSR count). The van der Waals surface area contributed by atoms with E-state index in [1.807, 2.05) is 31.3 Å². The minimum Gasteiger partial charge on any atom is -0.493 e. The molecule has 21 heavy (non-hydrogen) atoms. The molecule has 2 aromatic rings. The molecule has 0 radical (unpaired) electrons. The fraction of sp³-hybridized carbons (Fsp3) is 0.267. The predicted molar refractivity (Wildman–Crippen MR) is 90.1 cm³/mol. The second-order valence-corrected chi connectivity index (χ2v) is 6.13. The molecular weight excluding hydrogens is 400 g/mol. The second kappa shape index (κ2) is 7.24. The lowest BCUT2D eigenvalue weighted by atomic mass is 10.0. The van der Waals surface area contributed by atoms with Crippen molar-refractivity contribution >= 4 is 31.9 Å². The molecule has 0 fully saturated rings. The largest absolute Gasteiger partial charge is 0.493 e. The number of hydrogen-bond acceptors (Lipinski definition) is 4. The number of pyridine rings is 1. The lowest BCUT2D eigenvalue weighted by Gasteiger charge is -2.19. The van der Waals surface area contributed by atoms with Crippen molar-refractivity contribution in [3.05, 3.63) is 50.7 Å². The van der Waals surface area contributed by atoms with Crippen LogP contribution in [0.1, 0.15) is 17.3 Å². The first-order valence-corrected chi connectivity index (χ1v) is 7.89. The van der Waals surface area contributed by atoms with Crippen LogP contribution in [0.5, 0.6) is 11.5 Å². The minimum absolute atomic E-state index is 0.0488. The fourth-order valence-electron chi connectivity index (χ4n) is 2.13. The first-order valence-electron chi connectivity index (χ1n) is 6.30. The Morgan fingerprint density at radius 2 is 1.81 bits per heavy atom. The predicted octanol–water partition coefficient (Wildman–Crippen LogP) is 3.93. The van der Waals surface area contributed by atoms with Gasteiger partial charge in [-0.1, -0.05) is 6.07 Å². The molecule has 0 aliphatic carbocycles. The summed E-state index contributed by atoms with van der Waals surface area (Å²) in [5.74, 6) is 1.41. The average molecular weight is 416 g/mol. The lowest BCUT2D eigenvalue weighted by Crippen LogP contribution is -2.19. The third-order valence-corrected chi connectivity index (χ3v) is 4.21. The highest BCUT2D eigenvalue weighted by molar-refractivity contribution is 9.11. The van der Waals surface area contributed by atoms with Crippen molar-refractivity contribution < 1.29 is 9.47 Å². The van der Waals surface area contributed by atoms with Crippen LogP contribution in [0.4, 0.5) is 0 Å². The quantitative estimate of drug-likeness (QED) is 0.803. The monoisotopic (exact) mass is 414 g/mol. The van der Waals surface area contributed by atoms with E-state index in [0.717, 1.165) is 20.2 Å². The third kappa shape index (κ3) is 3.56. The van der Waals surface area contributed by atoms with Crippen molar-refractivity contribution in [2.75, 3.05) is 21.3 Å². The van der Waals surface area contributed by atoms with E-state index in [0.29, 0.717) is 11.5 Å². The zero-order valence-electron chi connectivity index (χ0n) is 12.0. The Balaban J connectivity index is 2.46. The molecular formula is C15H16Br2N2O2. The van der Waals surface area contributed by atoms with Gasteiger partial charge in [-0.25, -0.2) is 0 Å². The summed E-state index contributed by atoms with van der Waals surface area (Å²) in [6, 6.07) is 7.78. The van der Waals surface area contributed by atoms with Gasteiger partial charge in [0.25, 0.3) is 0 Å². The van der Waals surface area contributed by atoms with E-state index >= 15 is 0 Å². The van der Waals surface area contributed by atoms with Gasteiger partial charge in [-0.05, 0) is 62.7 Å². The number of methoxy groups -OCH3 is 2. The number of rotatable bonds is 5. The molecule has 112 valence electrons. The van der Waals surface area contributed by atoms with Crippen LogP contribution >= 0.6 is 31.9 Å². The van der Waals surface area contributed by atoms with E-state index in [1.54, 1.807) is 20.4 Å². The first-order chi connectivity index (χ1) is 10.1. The Bertz CT molecular complexity index is 635. The average Bonchev–Trinajstić information content (AvgIpc) is 2.49. The number of nitrogens with zero attached hydrogens (tertiary/aromatic N) is 1. The van der Waals surface area contributed by atoms with E-state index in [-0.39, 0.29) is 6.04 Å². The number of benzene rings is 1. The van der Waals surface area contributed by atoms with Gasteiger partial charge in [0.1, 0.15) is 0 Å². The molecule has 1 aromatic heterocycles. The smallest absolute Gasteiger partial charge is 0.161 e. The summed E-state index contributed by atoms with van der Waals surface area (Å²) < 4.78 is 12.5. The number of ether oxygens (including phenoxy) is 2. The highest BCUT2D eigenvalue weighted by atomic mass is 79.9. The van der Waals surface area contributed by atoms with Crippen molar-refractivity contribution in [1.29, 1.82) is 0 Å². The second-order valence-electron chi connectivity index (χ2n) is 4.36. The van der Waals surface area contributed by atoms with Gasteiger partial charge in [0.05, 0.1) is 26.0 Å². The summed E-state index contributed by atoms with van der Waals surface area (Å²) in [5, 5.41) is 3.28. The Morgan fingerprint density at radius 1 is 1.10 bits per heavy atom. The van der Waals surface area contributed by atoms with Crippen molar-refractivity contribution in [3.8, 4) is 11.5 Å². The Hall–Kier alpha value is -1.11. The van der Waals surface area contributed by atoms with Gasteiger partial charge in [-0.15, -0.1) is 0 Å². The van der Waals surface area contributed by atoms with Crippen LogP contribution in [0.2, 0.25) is 0 Å². The maximum Gasteiger partial charge on any atom is 0.161 e. The topological polar surface area (TPSA) is 43.4 Å². The van der Waals surface area contributed by atoms with Crippen LogP contribution in [-0.2, 0) is 0 Å². The van der Waals surface area contributed by atoms with Gasteiger partial charge >= 0.3 is 0 Å². The van der Waals surface area contributed by atoms with E-state index in [2.05, 4.69) is 42.2 Å². The highest BCUT2D eigenvalue weighted by Gasteiger charge is 2.18. The van der Waals surface area contributed by atoms with E-state index in [4.69, 9.17) is 9.47 Å². The summed E-state index contributed by atoms with van der Waals surface area (Å²) in [5.41, 5.74) is 1.96. The van der Waals surface area contributed by atoms with Gasteiger partial charge in [0.15, 0.2) is 11.5 Å². The van der Waals surface area contributed by atoms with Crippen LogP contribution < -0.4 is 14.8 Å². The maximum absolute atomic E-state index is 5.36. The maximum atomic E-state index is 5.36. The minimum atomic E-state index is -0.0488. The molecule has 0 bridgehead atoms. The van der Waals surface area contributed by atoms with Gasteiger partial charge in [0, 0.05) is 15.1 Å². The first kappa shape index (κ1) is 16.3. The normalized spacial score (nSPS) is 12.0. The molecule has 0 aliphatic heterocycles. The van der Waals surface area contributed by atoms with Crippen molar-refractivity contribution in [2.24, 2.45) is 0 Å². The van der Waals surface area contributed by atoms with Gasteiger partial charge in [-0.3, -0.25) is 4.98 Å². The summed E-state index contributed by atoms with van der Waals surface area (Å²) in [6.45, 7) is 0. The Labute approximate surface area is 141 Å². The summed E-state index contributed by atoms with van der Waals surface area (Å²) in [7, 11) is 5.15. The van der Waals surface area contributed by atoms with Gasteiger partial charge in [0.2, 0.25) is 0 Å². The molecule has 0 saturated carbocycles. The number of nitrogens with one attached hydrogen (secondary N) is 1. The number of aromatic nitrogens is 1. The van der Waals surface area contributed by atoms with Gasteiger partial charge < -0.3 is 14.8 Å². The number of hydrogen-bond donors (Lipinski definition) is 1. The third-order valence-electron chi connectivity index (χ3n) is 3.14. The highest BCUT2D eigenvalue weighted by Crippen LogP contribution is 2.34. The van der Waals surface area contributed by atoms with Gasteiger partial charge in [-0.2, -0.15) is 0 Å². The standard InChI is InChI=1S/C15H16Br2N2O2/c1-18-14(15-11(17)7-10(16)8-19-15)9-4-5-12(20-2)13(6-9)21-3/h4-8,14,18H,1-3H3. The molecule has 1 N–H and O–H groups in total. The SMILES string of the molecule is CNC(c1ccc(OC)c(OC)c1)c1ncc(Br)cc1Br. The van der Waals surface area contributed by atoms with Crippen molar-refractivity contribution in [3.63, 3.8) is 0 Å². The number of halogens is 2. The molecule has 4 nitrogen and oxygen atoms in total. The zero-order valence-corrected chi connectivity index (χ0v) is 15.2. The van der Waals surface area contributed by atoms with E-state index in [9.17, 15) is 0 Å². The summed E-state index contributed by atoms with van der Waals surface area (Å²) >= 11 is 6.98. The van der Waals surface area contributed by atoms with E-state index in [1.165, 1.54) is 0 Å². The molecule has 6 heteroatoms. The lowest BCUT2D eigenvalue weighted by molar-refractivity contribution is 0.354. The van der Waals surface area contributed by atoms with Crippen LogP contribution in [-0.4, -0.2) is 26.3 Å².